The fourth-order valence-electron chi connectivity index (χ4n) is 2.84. The standard InChI is InChI=1S/C19H23O6P/c1-12-7-16(25-11-26(23)24)8-13(2)17(12)10-14-3-5-18(20)15(9-14)4-6-19(21)22/h3,5,7-9,20,23-24H,4,6,10-11H2,1-2H3,(H,21,22). The Balaban J connectivity index is 2.20. The highest BCUT2D eigenvalue weighted by molar-refractivity contribution is 7.44. The Morgan fingerprint density at radius 3 is 2.35 bits per heavy atom. The van der Waals surface area contributed by atoms with E-state index in [1.165, 1.54) is 0 Å². The second-order valence-corrected chi connectivity index (χ2v) is 7.22. The Labute approximate surface area is 153 Å². The van der Waals surface area contributed by atoms with Crippen LogP contribution in [-0.2, 0) is 17.6 Å². The molecule has 140 valence electrons. The van der Waals surface area contributed by atoms with Gasteiger partial charge in [-0.05, 0) is 72.7 Å². The fourth-order valence-corrected chi connectivity index (χ4v) is 3.11. The molecule has 0 radical (unpaired) electrons. The van der Waals surface area contributed by atoms with E-state index < -0.39 is 14.3 Å². The molecule has 4 N–H and O–H groups in total. The summed E-state index contributed by atoms with van der Waals surface area (Å²) in [6.45, 7) is 3.92. The SMILES string of the molecule is Cc1cc(OCP(O)O)cc(C)c1Cc1ccc(O)c(CCC(=O)O)c1. The minimum atomic E-state index is -2.09. The van der Waals surface area contributed by atoms with E-state index in [-0.39, 0.29) is 24.9 Å². The molecule has 7 heteroatoms. The lowest BCUT2D eigenvalue weighted by atomic mass is 9.94. The Morgan fingerprint density at radius 2 is 1.77 bits per heavy atom. The van der Waals surface area contributed by atoms with Gasteiger partial charge in [-0.3, -0.25) is 4.79 Å². The smallest absolute Gasteiger partial charge is 0.303 e. The van der Waals surface area contributed by atoms with E-state index in [2.05, 4.69) is 0 Å². The molecular weight excluding hydrogens is 355 g/mol. The molecule has 2 aromatic carbocycles. The van der Waals surface area contributed by atoms with Crippen LogP contribution in [0.1, 0.15) is 34.2 Å². The number of aryl methyl sites for hydroxylation is 3. The summed E-state index contributed by atoms with van der Waals surface area (Å²) in [5, 5.41) is 18.7. The first-order valence-electron chi connectivity index (χ1n) is 8.17. The van der Waals surface area contributed by atoms with Crippen molar-refractivity contribution in [3.63, 3.8) is 0 Å². The van der Waals surface area contributed by atoms with Crippen molar-refractivity contribution in [2.75, 3.05) is 6.35 Å². The molecule has 0 bridgehead atoms. The number of ether oxygens (including phenoxy) is 1. The van der Waals surface area contributed by atoms with E-state index in [1.54, 1.807) is 6.07 Å². The Bertz CT molecular complexity index is 765. The van der Waals surface area contributed by atoms with Gasteiger partial charge in [0.05, 0.1) is 0 Å². The maximum absolute atomic E-state index is 10.8. The zero-order valence-electron chi connectivity index (χ0n) is 14.8. The summed E-state index contributed by atoms with van der Waals surface area (Å²) in [5.41, 5.74) is 4.75. The summed E-state index contributed by atoms with van der Waals surface area (Å²) in [7, 11) is -2.09. The highest BCUT2D eigenvalue weighted by Gasteiger charge is 2.11. The lowest BCUT2D eigenvalue weighted by molar-refractivity contribution is -0.136. The van der Waals surface area contributed by atoms with Gasteiger partial charge in [-0.15, -0.1) is 0 Å². The van der Waals surface area contributed by atoms with Crippen LogP contribution in [-0.4, -0.2) is 32.3 Å². The largest absolute Gasteiger partial charge is 0.508 e. The lowest BCUT2D eigenvalue weighted by Gasteiger charge is -2.15. The Kier molecular flexibility index (Phi) is 6.98. The lowest BCUT2D eigenvalue weighted by Crippen LogP contribution is -2.01. The van der Waals surface area contributed by atoms with Crippen LogP contribution in [0.3, 0.4) is 0 Å². The Morgan fingerprint density at radius 1 is 1.12 bits per heavy atom. The van der Waals surface area contributed by atoms with Crippen molar-refractivity contribution in [1.82, 2.24) is 0 Å². The topological polar surface area (TPSA) is 107 Å². The number of aliphatic carboxylic acids is 1. The number of carboxylic acid groups (broad SMARTS) is 1. The number of rotatable bonds is 8. The van der Waals surface area contributed by atoms with Gasteiger partial charge in [-0.2, -0.15) is 0 Å². The van der Waals surface area contributed by atoms with Crippen LogP contribution in [0.5, 0.6) is 11.5 Å². The number of hydrogen-bond donors (Lipinski definition) is 4. The second-order valence-electron chi connectivity index (χ2n) is 6.21. The first-order chi connectivity index (χ1) is 12.3. The van der Waals surface area contributed by atoms with E-state index >= 15 is 0 Å². The van der Waals surface area contributed by atoms with E-state index in [1.807, 2.05) is 38.1 Å². The van der Waals surface area contributed by atoms with Crippen LogP contribution < -0.4 is 4.74 Å². The van der Waals surface area contributed by atoms with Gasteiger partial charge in [0.25, 0.3) is 0 Å². The molecule has 0 aliphatic rings. The van der Waals surface area contributed by atoms with Gasteiger partial charge in [-0.25, -0.2) is 0 Å². The maximum Gasteiger partial charge on any atom is 0.303 e. The normalized spacial score (nSPS) is 11.0. The van der Waals surface area contributed by atoms with E-state index in [0.717, 1.165) is 22.3 Å². The molecule has 0 atom stereocenters. The third-order valence-corrected chi connectivity index (χ3v) is 4.51. The summed E-state index contributed by atoms with van der Waals surface area (Å²) >= 11 is 0. The van der Waals surface area contributed by atoms with Crippen LogP contribution in [0.2, 0.25) is 0 Å². The molecule has 0 amide bonds. The number of phenolic OH excluding ortho intramolecular Hbond substituents is 1. The molecule has 2 rings (SSSR count). The number of aromatic hydroxyl groups is 1. The molecule has 2 aromatic rings. The zero-order chi connectivity index (χ0) is 19.3. The van der Waals surface area contributed by atoms with Crippen LogP contribution in [0.25, 0.3) is 0 Å². The molecule has 0 saturated heterocycles. The van der Waals surface area contributed by atoms with Crippen molar-refractivity contribution in [2.45, 2.75) is 33.1 Å². The van der Waals surface area contributed by atoms with Crippen LogP contribution in [0.15, 0.2) is 30.3 Å². The average Bonchev–Trinajstić information content (AvgIpc) is 2.56. The van der Waals surface area contributed by atoms with Crippen LogP contribution >= 0.6 is 8.38 Å². The molecule has 0 aromatic heterocycles. The predicted octanol–water partition coefficient (Wildman–Crippen LogP) is 3.25. The fraction of sp³-hybridized carbons (Fsp3) is 0.316. The summed E-state index contributed by atoms with van der Waals surface area (Å²) in [4.78, 5) is 28.7. The molecule has 0 saturated carbocycles. The van der Waals surface area contributed by atoms with Crippen molar-refractivity contribution >= 4 is 14.3 Å². The maximum atomic E-state index is 10.8. The molecule has 0 heterocycles. The third kappa shape index (κ3) is 5.70. The van der Waals surface area contributed by atoms with Gasteiger partial charge in [0, 0.05) is 6.42 Å². The number of carboxylic acids is 1. The van der Waals surface area contributed by atoms with Gasteiger partial charge in [-0.1, -0.05) is 12.1 Å². The summed E-state index contributed by atoms with van der Waals surface area (Å²) < 4.78 is 5.36. The van der Waals surface area contributed by atoms with Gasteiger partial charge in [0.15, 0.2) is 6.35 Å². The number of phenols is 1. The van der Waals surface area contributed by atoms with Gasteiger partial charge in [0.1, 0.15) is 11.5 Å². The average molecular weight is 378 g/mol. The molecular formula is C19H23O6P. The minimum Gasteiger partial charge on any atom is -0.508 e. The minimum absolute atomic E-state index is 0.0284. The predicted molar refractivity (Wildman–Crippen MR) is 99.6 cm³/mol. The van der Waals surface area contributed by atoms with Crippen molar-refractivity contribution in [2.24, 2.45) is 0 Å². The molecule has 0 unspecified atom stereocenters. The summed E-state index contributed by atoms with van der Waals surface area (Å²) in [6, 6.07) is 8.97. The van der Waals surface area contributed by atoms with Crippen molar-refractivity contribution in [1.29, 1.82) is 0 Å². The molecule has 26 heavy (non-hydrogen) atoms. The second kappa shape index (κ2) is 8.99. The molecule has 0 fully saturated rings. The summed E-state index contributed by atoms with van der Waals surface area (Å²) in [5.74, 6) is -0.199. The number of hydrogen-bond acceptors (Lipinski definition) is 5. The molecule has 0 aliphatic heterocycles. The zero-order valence-corrected chi connectivity index (χ0v) is 15.7. The van der Waals surface area contributed by atoms with Crippen molar-refractivity contribution < 1.29 is 29.5 Å². The molecule has 0 aliphatic carbocycles. The first-order valence-corrected chi connectivity index (χ1v) is 9.60. The van der Waals surface area contributed by atoms with E-state index in [0.29, 0.717) is 17.7 Å². The summed E-state index contributed by atoms with van der Waals surface area (Å²) in [6.07, 6.45) is 0.772. The van der Waals surface area contributed by atoms with E-state index in [4.69, 9.17) is 19.6 Å². The van der Waals surface area contributed by atoms with Crippen LogP contribution in [0, 0.1) is 13.8 Å². The highest BCUT2D eigenvalue weighted by Crippen LogP contribution is 2.29. The van der Waals surface area contributed by atoms with Gasteiger partial charge in [0.2, 0.25) is 8.38 Å². The number of benzene rings is 2. The number of carbonyl (C=O) groups is 1. The Hall–Kier alpha value is -2.14. The van der Waals surface area contributed by atoms with Crippen LogP contribution in [0.4, 0.5) is 0 Å². The molecule has 0 spiro atoms. The van der Waals surface area contributed by atoms with Gasteiger partial charge < -0.3 is 24.7 Å². The van der Waals surface area contributed by atoms with Crippen molar-refractivity contribution in [3.8, 4) is 11.5 Å². The monoisotopic (exact) mass is 378 g/mol. The first kappa shape index (κ1) is 20.2. The highest BCUT2D eigenvalue weighted by atomic mass is 31.2. The van der Waals surface area contributed by atoms with Gasteiger partial charge >= 0.3 is 5.97 Å². The van der Waals surface area contributed by atoms with Crippen molar-refractivity contribution in [3.05, 3.63) is 58.1 Å². The third-order valence-electron chi connectivity index (χ3n) is 4.15. The molecule has 6 nitrogen and oxygen atoms in total. The quantitative estimate of drug-likeness (QED) is 0.525. The van der Waals surface area contributed by atoms with E-state index in [9.17, 15) is 9.90 Å².